The lowest BCUT2D eigenvalue weighted by Gasteiger charge is -2.30. The first-order valence-corrected chi connectivity index (χ1v) is 4.63. The fraction of sp³-hybridized carbons (Fsp3) is 1.00. The van der Waals surface area contributed by atoms with Crippen molar-refractivity contribution in [2.24, 2.45) is 5.73 Å². The van der Waals surface area contributed by atoms with Gasteiger partial charge in [-0.15, -0.1) is 0 Å². The molecule has 72 valence electrons. The van der Waals surface area contributed by atoms with Crippen molar-refractivity contribution >= 4 is 0 Å². The Labute approximate surface area is 74.9 Å². The summed E-state index contributed by atoms with van der Waals surface area (Å²) in [6.07, 6.45) is 3.58. The highest BCUT2D eigenvalue weighted by Gasteiger charge is 2.28. The molecule has 1 unspecified atom stereocenters. The van der Waals surface area contributed by atoms with Crippen LogP contribution >= 0.6 is 0 Å². The predicted molar refractivity (Wildman–Crippen MR) is 50.1 cm³/mol. The van der Waals surface area contributed by atoms with Crippen LogP contribution in [0.3, 0.4) is 0 Å². The molecule has 1 saturated heterocycles. The summed E-state index contributed by atoms with van der Waals surface area (Å²) in [4.78, 5) is 2.30. The van der Waals surface area contributed by atoms with Gasteiger partial charge < -0.3 is 15.4 Å². The Bertz CT molecular complexity index is 140. The molecule has 12 heavy (non-hydrogen) atoms. The van der Waals surface area contributed by atoms with Gasteiger partial charge in [-0.2, -0.15) is 0 Å². The van der Waals surface area contributed by atoms with E-state index in [2.05, 4.69) is 11.9 Å². The third kappa shape index (κ3) is 2.73. The minimum Gasteiger partial charge on any atom is -0.383 e. The van der Waals surface area contributed by atoms with Crippen molar-refractivity contribution in [3.05, 3.63) is 0 Å². The first-order valence-electron chi connectivity index (χ1n) is 4.63. The minimum absolute atomic E-state index is 0.111. The van der Waals surface area contributed by atoms with Gasteiger partial charge >= 0.3 is 0 Å². The van der Waals surface area contributed by atoms with Crippen molar-refractivity contribution in [1.29, 1.82) is 0 Å². The molecule has 0 amide bonds. The van der Waals surface area contributed by atoms with Gasteiger partial charge in [-0.1, -0.05) is 6.42 Å². The smallest absolute Gasteiger partial charge is 0.0654 e. The first-order chi connectivity index (χ1) is 5.66. The summed E-state index contributed by atoms with van der Waals surface area (Å²) in [5, 5.41) is 0. The summed E-state index contributed by atoms with van der Waals surface area (Å²) < 4.78 is 5.14. The van der Waals surface area contributed by atoms with Crippen LogP contribution in [-0.2, 0) is 4.74 Å². The average Bonchev–Trinajstić information content (AvgIpc) is 2.12. The largest absolute Gasteiger partial charge is 0.383 e. The van der Waals surface area contributed by atoms with E-state index in [0.717, 1.165) is 13.0 Å². The average molecular weight is 172 g/mol. The second-order valence-electron chi connectivity index (χ2n) is 3.99. The minimum atomic E-state index is -0.111. The van der Waals surface area contributed by atoms with Gasteiger partial charge in [0.1, 0.15) is 0 Å². The zero-order valence-electron chi connectivity index (χ0n) is 8.18. The lowest BCUT2D eigenvalue weighted by Crippen LogP contribution is -2.51. The van der Waals surface area contributed by atoms with Crippen LogP contribution in [0, 0.1) is 0 Å². The molecule has 0 saturated carbocycles. The first kappa shape index (κ1) is 9.96. The molecule has 0 bridgehead atoms. The van der Waals surface area contributed by atoms with E-state index >= 15 is 0 Å². The molecule has 1 heterocycles. The number of nitrogens with two attached hydrogens (primary N) is 1. The molecule has 1 atom stereocenters. The molecule has 0 spiro atoms. The van der Waals surface area contributed by atoms with Gasteiger partial charge in [0.25, 0.3) is 0 Å². The Hall–Kier alpha value is -0.120. The number of likely N-dealkylation sites (tertiary alicyclic amines) is 1. The Morgan fingerprint density at radius 1 is 1.50 bits per heavy atom. The maximum absolute atomic E-state index is 6.19. The van der Waals surface area contributed by atoms with Gasteiger partial charge in [-0.25, -0.2) is 0 Å². The van der Waals surface area contributed by atoms with Crippen molar-refractivity contribution in [3.8, 4) is 0 Å². The maximum Gasteiger partial charge on any atom is 0.0654 e. The fourth-order valence-electron chi connectivity index (χ4n) is 1.96. The van der Waals surface area contributed by atoms with Crippen LogP contribution in [0.5, 0.6) is 0 Å². The van der Waals surface area contributed by atoms with Crippen molar-refractivity contribution in [2.45, 2.75) is 24.8 Å². The molecule has 0 aromatic carbocycles. The van der Waals surface area contributed by atoms with Crippen LogP contribution in [0.2, 0.25) is 0 Å². The molecule has 0 aromatic rings. The molecule has 1 fully saturated rings. The van der Waals surface area contributed by atoms with E-state index < -0.39 is 0 Å². The number of hydrogen-bond acceptors (Lipinski definition) is 3. The molecule has 1 aliphatic rings. The van der Waals surface area contributed by atoms with Gasteiger partial charge in [-0.05, 0) is 26.4 Å². The Morgan fingerprint density at radius 2 is 2.25 bits per heavy atom. The fourth-order valence-corrected chi connectivity index (χ4v) is 1.96. The van der Waals surface area contributed by atoms with E-state index in [-0.39, 0.29) is 5.54 Å². The Kier molecular flexibility index (Phi) is 3.50. The monoisotopic (exact) mass is 172 g/mol. The molecule has 0 radical (unpaired) electrons. The molecular weight excluding hydrogens is 152 g/mol. The molecule has 0 aliphatic carbocycles. The summed E-state index contributed by atoms with van der Waals surface area (Å²) in [5.41, 5.74) is 6.08. The third-order valence-electron chi connectivity index (χ3n) is 2.48. The third-order valence-corrected chi connectivity index (χ3v) is 2.48. The quantitative estimate of drug-likeness (QED) is 0.657. The second kappa shape index (κ2) is 4.21. The predicted octanol–water partition coefficient (Wildman–Crippen LogP) is 0.446. The number of rotatable bonds is 2. The van der Waals surface area contributed by atoms with E-state index in [0.29, 0.717) is 6.61 Å². The molecule has 3 heteroatoms. The van der Waals surface area contributed by atoms with E-state index in [1.807, 2.05) is 0 Å². The summed E-state index contributed by atoms with van der Waals surface area (Å²) in [6.45, 7) is 2.81. The van der Waals surface area contributed by atoms with Crippen molar-refractivity contribution in [1.82, 2.24) is 4.90 Å². The zero-order chi connectivity index (χ0) is 9.03. The van der Waals surface area contributed by atoms with Crippen LogP contribution in [-0.4, -0.2) is 44.3 Å². The van der Waals surface area contributed by atoms with Crippen LogP contribution in [0.4, 0.5) is 0 Å². The number of methoxy groups -OCH3 is 1. The lowest BCUT2D eigenvalue weighted by molar-refractivity contribution is 0.110. The molecule has 1 aliphatic heterocycles. The lowest BCUT2D eigenvalue weighted by atomic mass is 9.96. The van der Waals surface area contributed by atoms with E-state index in [9.17, 15) is 0 Å². The number of ether oxygens (including phenoxy) is 1. The van der Waals surface area contributed by atoms with E-state index in [4.69, 9.17) is 10.5 Å². The van der Waals surface area contributed by atoms with Crippen molar-refractivity contribution in [3.63, 3.8) is 0 Å². The van der Waals surface area contributed by atoms with Crippen LogP contribution < -0.4 is 5.73 Å². The highest BCUT2D eigenvalue weighted by atomic mass is 16.5. The number of nitrogens with zero attached hydrogens (tertiary/aromatic N) is 1. The topological polar surface area (TPSA) is 38.5 Å². The molecule has 0 aromatic heterocycles. The second-order valence-corrected chi connectivity index (χ2v) is 3.99. The molecule has 2 N–H and O–H groups in total. The van der Waals surface area contributed by atoms with E-state index in [1.54, 1.807) is 7.11 Å². The Balaban J connectivity index is 2.49. The highest BCUT2D eigenvalue weighted by molar-refractivity contribution is 4.88. The standard InChI is InChI=1S/C9H20N2O/c1-11-6-4-3-5-9(10,7-11)8-12-2/h3-8,10H2,1-2H3. The van der Waals surface area contributed by atoms with Crippen molar-refractivity contribution < 1.29 is 4.74 Å². The van der Waals surface area contributed by atoms with Gasteiger partial charge in [0.2, 0.25) is 0 Å². The SMILES string of the molecule is COCC1(N)CCCCN(C)C1. The van der Waals surface area contributed by atoms with Gasteiger partial charge in [-0.3, -0.25) is 0 Å². The summed E-state index contributed by atoms with van der Waals surface area (Å²) in [7, 11) is 3.85. The summed E-state index contributed by atoms with van der Waals surface area (Å²) >= 11 is 0. The molecular formula is C9H20N2O. The highest BCUT2D eigenvalue weighted by Crippen LogP contribution is 2.17. The van der Waals surface area contributed by atoms with E-state index in [1.165, 1.54) is 19.4 Å². The van der Waals surface area contributed by atoms with Gasteiger partial charge in [0.15, 0.2) is 0 Å². The van der Waals surface area contributed by atoms with Crippen LogP contribution in [0.25, 0.3) is 0 Å². The van der Waals surface area contributed by atoms with Gasteiger partial charge in [0, 0.05) is 13.7 Å². The van der Waals surface area contributed by atoms with Crippen LogP contribution in [0.1, 0.15) is 19.3 Å². The molecule has 3 nitrogen and oxygen atoms in total. The van der Waals surface area contributed by atoms with Crippen molar-refractivity contribution in [2.75, 3.05) is 33.9 Å². The summed E-state index contributed by atoms with van der Waals surface area (Å²) in [6, 6.07) is 0. The number of hydrogen-bond donors (Lipinski definition) is 1. The summed E-state index contributed by atoms with van der Waals surface area (Å²) in [5.74, 6) is 0. The number of likely N-dealkylation sites (N-methyl/N-ethyl adjacent to an activating group) is 1. The van der Waals surface area contributed by atoms with Crippen LogP contribution in [0.15, 0.2) is 0 Å². The molecule has 1 rings (SSSR count). The maximum atomic E-state index is 6.19. The van der Waals surface area contributed by atoms with Gasteiger partial charge in [0.05, 0.1) is 12.1 Å². The Morgan fingerprint density at radius 3 is 2.92 bits per heavy atom. The zero-order valence-corrected chi connectivity index (χ0v) is 8.18. The normalized spacial score (nSPS) is 33.2.